The lowest BCUT2D eigenvalue weighted by atomic mass is 9.91. The smallest absolute Gasteiger partial charge is 0.407 e. The van der Waals surface area contributed by atoms with Crippen LogP contribution < -0.4 is 10.6 Å². The predicted octanol–water partition coefficient (Wildman–Crippen LogP) is 4.37. The van der Waals surface area contributed by atoms with Crippen LogP contribution in [0.3, 0.4) is 0 Å². The van der Waals surface area contributed by atoms with E-state index in [-0.39, 0.29) is 36.8 Å². The first kappa shape index (κ1) is 23.1. The van der Waals surface area contributed by atoms with E-state index in [1.54, 1.807) is 6.08 Å². The first-order valence-electron chi connectivity index (χ1n) is 12.2. The zero-order chi connectivity index (χ0) is 24.6. The minimum atomic E-state index is -0.943. The van der Waals surface area contributed by atoms with Gasteiger partial charge in [0.1, 0.15) is 6.61 Å². The van der Waals surface area contributed by atoms with Crippen molar-refractivity contribution in [3.63, 3.8) is 0 Å². The summed E-state index contributed by atoms with van der Waals surface area (Å²) < 4.78 is 5.71. The number of amides is 2. The van der Waals surface area contributed by atoms with Crippen molar-refractivity contribution >= 4 is 18.0 Å². The number of carbonyl (C=O) groups is 3. The summed E-state index contributed by atoms with van der Waals surface area (Å²) in [5.41, 5.74) is 4.26. The highest BCUT2D eigenvalue weighted by atomic mass is 16.5. The molecule has 1 saturated carbocycles. The van der Waals surface area contributed by atoms with E-state index in [0.717, 1.165) is 24.0 Å². The summed E-state index contributed by atoms with van der Waals surface area (Å²) in [4.78, 5) is 36.8. The molecule has 2 unspecified atom stereocenters. The Bertz CT molecular complexity index is 1160. The Morgan fingerprint density at radius 2 is 1.66 bits per heavy atom. The fraction of sp³-hybridized carbons (Fsp3) is 0.393. The topological polar surface area (TPSA) is 105 Å². The van der Waals surface area contributed by atoms with E-state index in [2.05, 4.69) is 34.9 Å². The molecule has 2 atom stereocenters. The summed E-state index contributed by atoms with van der Waals surface area (Å²) in [6.07, 6.45) is 3.98. The molecule has 2 aromatic carbocycles. The Labute approximate surface area is 204 Å². The van der Waals surface area contributed by atoms with Gasteiger partial charge in [0.15, 0.2) is 0 Å². The number of rotatable bonds is 8. The quantitative estimate of drug-likeness (QED) is 0.527. The molecule has 0 aromatic heterocycles. The summed E-state index contributed by atoms with van der Waals surface area (Å²) in [6, 6.07) is 16.2. The second kappa shape index (κ2) is 9.21. The van der Waals surface area contributed by atoms with E-state index in [1.807, 2.05) is 31.2 Å². The van der Waals surface area contributed by atoms with E-state index in [4.69, 9.17) is 9.84 Å². The van der Waals surface area contributed by atoms with Gasteiger partial charge in [0.2, 0.25) is 5.91 Å². The maximum atomic E-state index is 12.9. The molecule has 1 fully saturated rings. The first-order valence-corrected chi connectivity index (χ1v) is 12.2. The molecule has 0 bridgehead atoms. The number of nitrogens with one attached hydrogen (secondary N) is 2. The normalized spacial score (nSPS) is 20.3. The van der Waals surface area contributed by atoms with Gasteiger partial charge in [0.05, 0.1) is 5.54 Å². The molecule has 3 aliphatic rings. The molecule has 0 aliphatic heterocycles. The van der Waals surface area contributed by atoms with Crippen molar-refractivity contribution in [2.75, 3.05) is 6.61 Å². The fourth-order valence-electron chi connectivity index (χ4n) is 5.49. The highest BCUT2D eigenvalue weighted by Gasteiger charge is 2.45. The highest BCUT2D eigenvalue weighted by molar-refractivity contribution is 5.87. The van der Waals surface area contributed by atoms with Gasteiger partial charge >= 0.3 is 12.1 Å². The number of carbonyl (C=O) groups excluding carboxylic acids is 2. The highest BCUT2D eigenvalue weighted by Crippen LogP contribution is 2.45. The van der Waals surface area contributed by atoms with Crippen molar-refractivity contribution in [3.8, 4) is 11.1 Å². The third-order valence-electron chi connectivity index (χ3n) is 7.49. The SMILES string of the molecule is CC(CC(=O)NC1CC=C(C(=O)O)C1)(NC(=O)OCC1c2ccccc2-c2ccccc21)C1CC1. The van der Waals surface area contributed by atoms with Gasteiger partial charge in [-0.3, -0.25) is 4.79 Å². The number of benzene rings is 2. The van der Waals surface area contributed by atoms with Crippen LogP contribution in [0.2, 0.25) is 0 Å². The van der Waals surface area contributed by atoms with Crippen molar-refractivity contribution in [1.82, 2.24) is 10.6 Å². The van der Waals surface area contributed by atoms with Crippen LogP contribution in [0.15, 0.2) is 60.2 Å². The van der Waals surface area contributed by atoms with Crippen molar-refractivity contribution < 1.29 is 24.2 Å². The second-order valence-corrected chi connectivity index (χ2v) is 10.1. The molecular weight excluding hydrogens is 444 g/mol. The number of fused-ring (bicyclic) bond motifs is 3. The minimum Gasteiger partial charge on any atom is -0.478 e. The summed E-state index contributed by atoms with van der Waals surface area (Å²) in [7, 11) is 0. The molecule has 7 heteroatoms. The Kier molecular flexibility index (Phi) is 6.09. The molecule has 3 N–H and O–H groups in total. The molecule has 2 amide bonds. The number of alkyl carbamates (subject to hydrolysis) is 1. The Morgan fingerprint density at radius 3 is 2.23 bits per heavy atom. The van der Waals surface area contributed by atoms with Gasteiger partial charge in [-0.1, -0.05) is 54.6 Å². The monoisotopic (exact) mass is 474 g/mol. The molecule has 0 spiro atoms. The van der Waals surface area contributed by atoms with Gasteiger partial charge in [0, 0.05) is 24.0 Å². The average Bonchev–Trinajstić information content (AvgIpc) is 3.52. The molecule has 3 aliphatic carbocycles. The van der Waals surface area contributed by atoms with Gasteiger partial charge in [-0.25, -0.2) is 9.59 Å². The van der Waals surface area contributed by atoms with Crippen molar-refractivity contribution in [3.05, 3.63) is 71.3 Å². The summed E-state index contributed by atoms with van der Waals surface area (Å²) in [5, 5.41) is 15.0. The molecule has 0 radical (unpaired) electrons. The molecule has 0 heterocycles. The minimum absolute atomic E-state index is 0.0260. The average molecular weight is 475 g/mol. The molecule has 5 rings (SSSR count). The van der Waals surface area contributed by atoms with E-state index in [9.17, 15) is 14.4 Å². The molecule has 2 aromatic rings. The number of carboxylic acids is 1. The van der Waals surface area contributed by atoms with E-state index in [1.165, 1.54) is 11.1 Å². The molecule has 0 saturated heterocycles. The van der Waals surface area contributed by atoms with Crippen LogP contribution >= 0.6 is 0 Å². The summed E-state index contributed by atoms with van der Waals surface area (Å²) >= 11 is 0. The van der Waals surface area contributed by atoms with Crippen LogP contribution in [-0.2, 0) is 14.3 Å². The van der Waals surface area contributed by atoms with Gasteiger partial charge in [-0.05, 0) is 60.8 Å². The Balaban J connectivity index is 1.19. The molecule has 182 valence electrons. The zero-order valence-corrected chi connectivity index (χ0v) is 19.8. The molecule has 35 heavy (non-hydrogen) atoms. The Hall–Kier alpha value is -3.61. The van der Waals surface area contributed by atoms with Crippen molar-refractivity contribution in [1.29, 1.82) is 0 Å². The summed E-state index contributed by atoms with van der Waals surface area (Å²) in [6.45, 7) is 2.11. The fourth-order valence-corrected chi connectivity index (χ4v) is 5.49. The van der Waals surface area contributed by atoms with Gasteiger partial charge < -0.3 is 20.5 Å². The number of ether oxygens (including phenoxy) is 1. The number of aliphatic carboxylic acids is 1. The molecular formula is C28H30N2O5. The maximum absolute atomic E-state index is 12.9. The van der Waals surface area contributed by atoms with Crippen molar-refractivity contribution in [2.24, 2.45) is 5.92 Å². The van der Waals surface area contributed by atoms with Crippen LogP contribution in [0.4, 0.5) is 4.79 Å². The molecule has 7 nitrogen and oxygen atoms in total. The first-order chi connectivity index (χ1) is 16.8. The van der Waals surface area contributed by atoms with Gasteiger partial charge in [0.25, 0.3) is 0 Å². The second-order valence-electron chi connectivity index (χ2n) is 10.1. The lowest BCUT2D eigenvalue weighted by Gasteiger charge is -2.31. The zero-order valence-electron chi connectivity index (χ0n) is 19.8. The third kappa shape index (κ3) is 4.81. The van der Waals surface area contributed by atoms with E-state index < -0.39 is 17.6 Å². The number of hydrogen-bond acceptors (Lipinski definition) is 4. The van der Waals surface area contributed by atoms with Crippen LogP contribution in [0.5, 0.6) is 0 Å². The van der Waals surface area contributed by atoms with Crippen LogP contribution in [-0.4, -0.2) is 41.3 Å². The van der Waals surface area contributed by atoms with Crippen molar-refractivity contribution in [2.45, 2.75) is 56.5 Å². The third-order valence-corrected chi connectivity index (χ3v) is 7.49. The van der Waals surface area contributed by atoms with E-state index >= 15 is 0 Å². The Morgan fingerprint density at radius 1 is 1.03 bits per heavy atom. The summed E-state index contributed by atoms with van der Waals surface area (Å²) in [5.74, 6) is -0.947. The number of hydrogen-bond donors (Lipinski definition) is 3. The largest absolute Gasteiger partial charge is 0.478 e. The predicted molar refractivity (Wildman–Crippen MR) is 131 cm³/mol. The number of carboxylic acid groups (broad SMARTS) is 1. The standard InChI is InChI=1S/C28H30N2O5/c1-28(18-11-12-18,15-25(31)29-19-13-10-17(14-19)26(32)33)30-27(34)35-16-24-22-8-4-2-6-20(22)21-7-3-5-9-23(21)24/h2-10,18-19,24H,11-16H2,1H3,(H,29,31)(H,30,34)(H,32,33). The van der Waals surface area contributed by atoms with Gasteiger partial charge in [-0.2, -0.15) is 0 Å². The van der Waals surface area contributed by atoms with Gasteiger partial charge in [-0.15, -0.1) is 0 Å². The lowest BCUT2D eigenvalue weighted by molar-refractivity contribution is -0.133. The van der Waals surface area contributed by atoms with Crippen LogP contribution in [0, 0.1) is 5.92 Å². The maximum Gasteiger partial charge on any atom is 0.407 e. The van der Waals surface area contributed by atoms with Crippen LogP contribution in [0.1, 0.15) is 56.1 Å². The van der Waals surface area contributed by atoms with E-state index in [0.29, 0.717) is 18.4 Å². The van der Waals surface area contributed by atoms with Crippen LogP contribution in [0.25, 0.3) is 11.1 Å². The lowest BCUT2D eigenvalue weighted by Crippen LogP contribution is -2.51.